The summed E-state index contributed by atoms with van der Waals surface area (Å²) >= 11 is 0. The number of hydrogen-bond donors (Lipinski definition) is 4. The van der Waals surface area contributed by atoms with Gasteiger partial charge in [-0.3, -0.25) is 19.2 Å². The zero-order valence-electron chi connectivity index (χ0n) is 35.9. The molecule has 2 aliphatic heterocycles. The topological polar surface area (TPSA) is 242 Å². The number of aliphatic hydroxyl groups is 3. The van der Waals surface area contributed by atoms with Crippen LogP contribution in [0.15, 0.2) is 41.5 Å². The monoisotopic (exact) mass is 852 g/mol. The number of nitrogens with one attached hydrogen (secondary N) is 1. The Morgan fingerprint density at radius 3 is 2.18 bits per heavy atom. The summed E-state index contributed by atoms with van der Waals surface area (Å²) in [5.74, 6) is -7.24. The van der Waals surface area contributed by atoms with Crippen LogP contribution in [0.2, 0.25) is 0 Å². The molecule has 61 heavy (non-hydrogen) atoms. The van der Waals surface area contributed by atoms with E-state index in [1.165, 1.54) is 32.9 Å². The molecule has 2 heterocycles. The first-order valence-electron chi connectivity index (χ1n) is 20.8. The zero-order valence-corrected chi connectivity index (χ0v) is 35.9. The molecule has 3 amide bonds. The van der Waals surface area contributed by atoms with Crippen molar-refractivity contribution in [2.24, 2.45) is 34.5 Å². The van der Waals surface area contributed by atoms with Gasteiger partial charge in [0, 0.05) is 30.6 Å². The van der Waals surface area contributed by atoms with Crippen molar-refractivity contribution in [3.63, 3.8) is 0 Å². The van der Waals surface area contributed by atoms with Crippen LogP contribution in [-0.2, 0) is 42.9 Å². The van der Waals surface area contributed by atoms with E-state index < -0.39 is 130 Å². The number of benzene rings is 1. The fourth-order valence-electron chi connectivity index (χ4n) is 11.2. The SMILES string of the molecule is CC(=O)O[C@H]1C(=O)[C@]23C[C@H]2C[C@H]2OC[C@@]2(OC(C)=O)[C@H]3[C@H](OC(=O)c2ccccc2)[C@]2(O)C[C@H](C(=O)[C@H](O)[C@H](CC(C)C)NC(=O)N3C(=O)OC(C)(C)[C@@H]3O)C(C)=C1C2(C)C. The van der Waals surface area contributed by atoms with E-state index in [1.807, 2.05) is 0 Å². The second kappa shape index (κ2) is 15.0. The lowest BCUT2D eigenvalue weighted by molar-refractivity contribution is -0.322. The fraction of sp³-hybridized carbons (Fsp3) is 0.659. The van der Waals surface area contributed by atoms with Crippen molar-refractivity contribution in [2.45, 2.75) is 141 Å². The molecular formula is C44H56N2O15. The highest BCUT2D eigenvalue weighted by Crippen LogP contribution is 2.75. The number of amides is 3. The largest absolute Gasteiger partial charge is 0.455 e. The van der Waals surface area contributed by atoms with Gasteiger partial charge < -0.3 is 44.3 Å². The van der Waals surface area contributed by atoms with Gasteiger partial charge in [-0.2, -0.15) is 4.90 Å². The van der Waals surface area contributed by atoms with E-state index in [0.717, 1.165) is 6.92 Å². The number of hydrogen-bond acceptors (Lipinski definition) is 15. The minimum atomic E-state index is -2.31. The Balaban J connectivity index is 1.39. The molecule has 2 bridgehead atoms. The number of esters is 3. The Hall–Kier alpha value is -4.71. The Morgan fingerprint density at radius 1 is 0.984 bits per heavy atom. The van der Waals surface area contributed by atoms with Crippen molar-refractivity contribution in [2.75, 3.05) is 6.61 Å². The number of nitrogens with zero attached hydrogens (tertiary/aromatic N) is 1. The van der Waals surface area contributed by atoms with Gasteiger partial charge in [0.25, 0.3) is 0 Å². The van der Waals surface area contributed by atoms with Crippen molar-refractivity contribution in [3.05, 3.63) is 47.0 Å². The molecule has 5 fully saturated rings. The van der Waals surface area contributed by atoms with Gasteiger partial charge in [-0.05, 0) is 76.0 Å². The average molecular weight is 853 g/mol. The molecule has 4 aliphatic carbocycles. The molecule has 0 radical (unpaired) electrons. The third kappa shape index (κ3) is 6.77. The first-order valence-corrected chi connectivity index (χ1v) is 20.8. The summed E-state index contributed by atoms with van der Waals surface area (Å²) < 4.78 is 29.7. The molecule has 0 unspecified atom stereocenters. The lowest BCUT2D eigenvalue weighted by atomic mass is 9.47. The van der Waals surface area contributed by atoms with Crippen molar-refractivity contribution >= 4 is 41.6 Å². The molecule has 1 aromatic rings. The first kappa shape index (κ1) is 44.3. The van der Waals surface area contributed by atoms with E-state index in [0.29, 0.717) is 11.3 Å². The molecule has 17 heteroatoms. The third-order valence-electron chi connectivity index (χ3n) is 14.3. The normalized spacial score (nSPS) is 36.3. The van der Waals surface area contributed by atoms with Crippen LogP contribution in [0.5, 0.6) is 0 Å². The van der Waals surface area contributed by atoms with Crippen LogP contribution >= 0.6 is 0 Å². The smallest absolute Gasteiger partial charge is 0.421 e. The van der Waals surface area contributed by atoms with Gasteiger partial charge in [0.1, 0.15) is 23.9 Å². The number of carbonyl (C=O) groups is 7. The van der Waals surface area contributed by atoms with Gasteiger partial charge >= 0.3 is 30.0 Å². The molecule has 3 saturated carbocycles. The second-order valence-corrected chi connectivity index (χ2v) is 19.2. The predicted molar refractivity (Wildman–Crippen MR) is 210 cm³/mol. The second-order valence-electron chi connectivity index (χ2n) is 19.2. The fourth-order valence-corrected chi connectivity index (χ4v) is 11.2. The van der Waals surface area contributed by atoms with E-state index in [-0.39, 0.29) is 42.1 Å². The lowest BCUT2D eigenvalue weighted by Gasteiger charge is -2.64. The Morgan fingerprint density at radius 2 is 1.64 bits per heavy atom. The lowest BCUT2D eigenvalue weighted by Crippen LogP contribution is -2.78. The van der Waals surface area contributed by atoms with Crippen LogP contribution < -0.4 is 5.32 Å². The maximum Gasteiger partial charge on any atom is 0.421 e. The summed E-state index contributed by atoms with van der Waals surface area (Å²) in [6.45, 7) is 13.2. The first-order chi connectivity index (χ1) is 28.4. The van der Waals surface area contributed by atoms with Crippen LogP contribution in [-0.4, -0.2) is 122 Å². The molecule has 1 aromatic carbocycles. The summed E-state index contributed by atoms with van der Waals surface area (Å²) in [4.78, 5) is 97.5. The van der Waals surface area contributed by atoms with Gasteiger partial charge in [-0.15, -0.1) is 0 Å². The predicted octanol–water partition coefficient (Wildman–Crippen LogP) is 3.15. The number of Topliss-reactive ketones (excluding diaryl/α,β-unsaturated/α-hetero) is 2. The van der Waals surface area contributed by atoms with Crippen molar-refractivity contribution in [3.8, 4) is 0 Å². The van der Waals surface area contributed by atoms with Gasteiger partial charge in [0.15, 0.2) is 35.1 Å². The summed E-state index contributed by atoms with van der Waals surface area (Å²) in [7, 11) is 0. The standard InChI is InChI=1S/C44H56N2O15/c1-20(2)15-27(45-38(54)46-37(53)41(8,9)61-39(46)55)31(50)30(49)26-18-44(56)35(59-36(52)24-13-11-10-12-14-24)33-42(17-25(42)16-28-43(33,19-57-28)60-23(5)48)34(51)32(58-22(4)47)29(21(26)3)40(44,6)7/h10-14,20,25-28,31-33,35,37,50,53,56H,15-19H2,1-9H3,(H,45,54)/t25-,26+,27+,28-,31-,32-,33+,35+,37+,42-,43+,44-/m1/s1. The van der Waals surface area contributed by atoms with E-state index in [2.05, 4.69) is 5.32 Å². The Labute approximate surface area is 353 Å². The van der Waals surface area contributed by atoms with Crippen LogP contribution in [0.4, 0.5) is 9.59 Å². The molecule has 12 atom stereocenters. The van der Waals surface area contributed by atoms with Gasteiger partial charge in [0.2, 0.25) is 0 Å². The van der Waals surface area contributed by atoms with Crippen LogP contribution in [0, 0.1) is 34.5 Å². The van der Waals surface area contributed by atoms with E-state index in [4.69, 9.17) is 23.7 Å². The average Bonchev–Trinajstić information content (AvgIpc) is 3.84. The molecular weight excluding hydrogens is 796 g/mol. The van der Waals surface area contributed by atoms with Crippen molar-refractivity contribution in [1.82, 2.24) is 10.2 Å². The minimum absolute atomic E-state index is 0.00324. The van der Waals surface area contributed by atoms with E-state index in [1.54, 1.807) is 52.8 Å². The molecule has 2 saturated heterocycles. The summed E-state index contributed by atoms with van der Waals surface area (Å²) in [6, 6.07) is 5.48. The number of urea groups is 1. The molecule has 332 valence electrons. The number of ketones is 2. The highest BCUT2D eigenvalue weighted by Gasteiger charge is 2.84. The number of fused-ring (bicyclic) bond motifs is 4. The van der Waals surface area contributed by atoms with Crippen molar-refractivity contribution < 1.29 is 72.6 Å². The highest BCUT2D eigenvalue weighted by atomic mass is 16.6. The molecule has 7 rings (SSSR count). The molecule has 1 spiro atoms. The number of allylic oxidation sites excluding steroid dienone is 1. The van der Waals surface area contributed by atoms with Crippen molar-refractivity contribution in [1.29, 1.82) is 0 Å². The Kier molecular flexibility index (Phi) is 10.9. The van der Waals surface area contributed by atoms with Crippen LogP contribution in [0.25, 0.3) is 0 Å². The summed E-state index contributed by atoms with van der Waals surface area (Å²) in [6.07, 6.45) is -8.92. The minimum Gasteiger partial charge on any atom is -0.455 e. The van der Waals surface area contributed by atoms with Gasteiger partial charge in [0.05, 0.1) is 24.1 Å². The number of carbonyl (C=O) groups excluding carboxylic acids is 7. The number of ether oxygens (including phenoxy) is 5. The molecule has 4 N–H and O–H groups in total. The molecule has 6 aliphatic rings. The van der Waals surface area contributed by atoms with E-state index >= 15 is 9.59 Å². The number of rotatable bonds is 10. The highest BCUT2D eigenvalue weighted by molar-refractivity contribution is 5.99. The number of imide groups is 1. The molecule has 0 aromatic heterocycles. The van der Waals surface area contributed by atoms with Crippen LogP contribution in [0.1, 0.15) is 98.4 Å². The quantitative estimate of drug-likeness (QED) is 0.150. The summed E-state index contributed by atoms with van der Waals surface area (Å²) in [5.41, 5.74) is -8.01. The van der Waals surface area contributed by atoms with Crippen LogP contribution in [0.3, 0.4) is 0 Å². The van der Waals surface area contributed by atoms with Gasteiger partial charge in [-0.1, -0.05) is 51.5 Å². The maximum atomic E-state index is 15.5. The zero-order chi connectivity index (χ0) is 44.9. The van der Waals surface area contributed by atoms with Gasteiger partial charge in [-0.25, -0.2) is 14.4 Å². The van der Waals surface area contributed by atoms with E-state index in [9.17, 15) is 39.3 Å². The number of cyclic esters (lactones) is 1. The number of aliphatic hydroxyl groups excluding tert-OH is 2. The Bertz CT molecular complexity index is 2080. The maximum absolute atomic E-state index is 15.5. The molecule has 17 nitrogen and oxygen atoms in total. The summed E-state index contributed by atoms with van der Waals surface area (Å²) in [5, 5.41) is 39.1. The third-order valence-corrected chi connectivity index (χ3v) is 14.3.